The molecule has 1 amide bonds. The Morgan fingerprint density at radius 2 is 2.44 bits per heavy atom. The van der Waals surface area contributed by atoms with Crippen LogP contribution >= 0.6 is 27.5 Å². The molecule has 4 nitrogen and oxygen atoms in total. The molecule has 9 heavy (non-hydrogen) atoms. The van der Waals surface area contributed by atoms with Gasteiger partial charge in [0.2, 0.25) is 0 Å². The van der Waals surface area contributed by atoms with Gasteiger partial charge in [-0.3, -0.25) is 4.79 Å². The van der Waals surface area contributed by atoms with E-state index < -0.39 is 5.91 Å². The number of carbonyl (C=O) groups excluding carboxylic acids is 1. The molecule has 0 spiro atoms. The van der Waals surface area contributed by atoms with Crippen LogP contribution in [0.15, 0.2) is 3.79 Å². The first kappa shape index (κ1) is 6.63. The molecule has 0 aliphatic rings. The zero-order valence-corrected chi connectivity index (χ0v) is 6.57. The third kappa shape index (κ3) is 1.25. The van der Waals surface area contributed by atoms with Crippen LogP contribution in [0.5, 0.6) is 0 Å². The molecule has 48 valence electrons. The molecule has 0 radical (unpaired) electrons. The molecule has 0 aliphatic carbocycles. The Hall–Kier alpha value is -0.490. The van der Waals surface area contributed by atoms with Crippen molar-refractivity contribution in [1.82, 2.24) is 9.59 Å². The molecule has 0 bridgehead atoms. The summed E-state index contributed by atoms with van der Waals surface area (Å²) in [5.41, 5.74) is 5.09. The number of hydrogen-bond acceptors (Lipinski definition) is 4. The van der Waals surface area contributed by atoms with E-state index in [-0.39, 0.29) is 5.69 Å². The molecule has 0 fully saturated rings. The Labute approximate surface area is 63.4 Å². The van der Waals surface area contributed by atoms with E-state index in [9.17, 15) is 4.79 Å². The van der Waals surface area contributed by atoms with E-state index in [0.717, 1.165) is 11.5 Å². The summed E-state index contributed by atoms with van der Waals surface area (Å²) in [5, 5.41) is 3.46. The van der Waals surface area contributed by atoms with Gasteiger partial charge in [-0.2, -0.15) is 0 Å². The summed E-state index contributed by atoms with van der Waals surface area (Å²) in [6.45, 7) is 0. The van der Waals surface area contributed by atoms with Gasteiger partial charge >= 0.3 is 0 Å². The maximum Gasteiger partial charge on any atom is 0.271 e. The minimum Gasteiger partial charge on any atom is -0.364 e. The molecule has 1 rings (SSSR count). The Morgan fingerprint density at radius 3 is 2.67 bits per heavy atom. The van der Waals surface area contributed by atoms with Crippen LogP contribution in [0, 0.1) is 0 Å². The second-order valence-corrected chi connectivity index (χ2v) is 3.33. The maximum atomic E-state index is 10.4. The SMILES string of the molecule is NC(=O)c1nnsc1Br. The van der Waals surface area contributed by atoms with Crippen molar-refractivity contribution in [3.63, 3.8) is 0 Å². The minimum absolute atomic E-state index is 0.194. The first-order valence-electron chi connectivity index (χ1n) is 1.99. The normalized spacial score (nSPS) is 9.44. The quantitative estimate of drug-likeness (QED) is 0.726. The van der Waals surface area contributed by atoms with Crippen LogP contribution < -0.4 is 5.73 Å². The maximum absolute atomic E-state index is 10.4. The monoisotopic (exact) mass is 207 g/mol. The van der Waals surface area contributed by atoms with Gasteiger partial charge in [0.25, 0.3) is 5.91 Å². The highest BCUT2D eigenvalue weighted by Gasteiger charge is 2.09. The average molecular weight is 208 g/mol. The molecule has 0 aromatic carbocycles. The fourth-order valence-electron chi connectivity index (χ4n) is 0.326. The van der Waals surface area contributed by atoms with Crippen LogP contribution in [0.1, 0.15) is 10.5 Å². The van der Waals surface area contributed by atoms with Gasteiger partial charge in [0.1, 0.15) is 3.79 Å². The molecule has 2 N–H and O–H groups in total. The van der Waals surface area contributed by atoms with Crippen molar-refractivity contribution < 1.29 is 4.79 Å². The molecule has 6 heteroatoms. The predicted octanol–water partition coefficient (Wildman–Crippen LogP) is 0.399. The van der Waals surface area contributed by atoms with Gasteiger partial charge in [0.15, 0.2) is 5.69 Å². The Bertz CT molecular complexity index is 235. The van der Waals surface area contributed by atoms with E-state index in [2.05, 4.69) is 25.5 Å². The largest absolute Gasteiger partial charge is 0.364 e. The van der Waals surface area contributed by atoms with E-state index in [1.807, 2.05) is 0 Å². The van der Waals surface area contributed by atoms with E-state index >= 15 is 0 Å². The van der Waals surface area contributed by atoms with Crippen LogP contribution in [0.2, 0.25) is 0 Å². The number of rotatable bonds is 1. The lowest BCUT2D eigenvalue weighted by Crippen LogP contribution is -2.11. The summed E-state index contributed by atoms with van der Waals surface area (Å²) in [6, 6.07) is 0. The van der Waals surface area contributed by atoms with Crippen molar-refractivity contribution in [2.45, 2.75) is 0 Å². The van der Waals surface area contributed by atoms with Gasteiger partial charge in [-0.25, -0.2) is 0 Å². The standard InChI is InChI=1S/C3H2BrN3OS/c4-2-1(3(5)8)6-7-9-2/h(H2,5,8). The summed E-state index contributed by atoms with van der Waals surface area (Å²) >= 11 is 4.15. The van der Waals surface area contributed by atoms with Gasteiger partial charge in [-0.1, -0.05) is 4.49 Å². The highest BCUT2D eigenvalue weighted by molar-refractivity contribution is 9.11. The highest BCUT2D eigenvalue weighted by atomic mass is 79.9. The number of halogens is 1. The van der Waals surface area contributed by atoms with E-state index in [1.54, 1.807) is 0 Å². The van der Waals surface area contributed by atoms with Crippen molar-refractivity contribution in [3.05, 3.63) is 9.48 Å². The Kier molecular flexibility index (Phi) is 1.77. The molecule has 1 heterocycles. The van der Waals surface area contributed by atoms with Crippen molar-refractivity contribution in [2.75, 3.05) is 0 Å². The van der Waals surface area contributed by atoms with Crippen molar-refractivity contribution in [3.8, 4) is 0 Å². The van der Waals surface area contributed by atoms with E-state index in [0.29, 0.717) is 3.79 Å². The van der Waals surface area contributed by atoms with Crippen LogP contribution in [0.3, 0.4) is 0 Å². The lowest BCUT2D eigenvalue weighted by Gasteiger charge is -1.82. The van der Waals surface area contributed by atoms with Crippen molar-refractivity contribution >= 4 is 33.4 Å². The fourth-order valence-corrected chi connectivity index (χ4v) is 1.22. The topological polar surface area (TPSA) is 68.9 Å². The lowest BCUT2D eigenvalue weighted by atomic mass is 10.5. The number of aromatic nitrogens is 2. The summed E-state index contributed by atoms with van der Waals surface area (Å²) < 4.78 is 4.07. The zero-order chi connectivity index (χ0) is 6.85. The summed E-state index contributed by atoms with van der Waals surface area (Å²) in [4.78, 5) is 10.4. The van der Waals surface area contributed by atoms with E-state index in [1.165, 1.54) is 0 Å². The van der Waals surface area contributed by atoms with E-state index in [4.69, 9.17) is 5.73 Å². The molecule has 0 aliphatic heterocycles. The number of primary amides is 1. The zero-order valence-electron chi connectivity index (χ0n) is 4.17. The highest BCUT2D eigenvalue weighted by Crippen LogP contribution is 2.16. The molecule has 0 unspecified atom stereocenters. The van der Waals surface area contributed by atoms with Crippen LogP contribution in [0.4, 0.5) is 0 Å². The lowest BCUT2D eigenvalue weighted by molar-refractivity contribution is 0.0995. The molecule has 1 aromatic heterocycles. The summed E-state index contributed by atoms with van der Waals surface area (Å²) in [7, 11) is 0. The van der Waals surface area contributed by atoms with Gasteiger partial charge < -0.3 is 5.73 Å². The Balaban J connectivity index is 3.08. The van der Waals surface area contributed by atoms with Crippen LogP contribution in [-0.2, 0) is 0 Å². The molecular weight excluding hydrogens is 206 g/mol. The first-order valence-corrected chi connectivity index (χ1v) is 3.56. The predicted molar refractivity (Wildman–Crippen MR) is 36.1 cm³/mol. The number of carbonyl (C=O) groups is 1. The third-order valence-electron chi connectivity index (χ3n) is 0.681. The number of nitrogens with two attached hydrogens (primary N) is 1. The Morgan fingerprint density at radius 1 is 1.78 bits per heavy atom. The van der Waals surface area contributed by atoms with Gasteiger partial charge in [-0.15, -0.1) is 5.10 Å². The van der Waals surface area contributed by atoms with Crippen molar-refractivity contribution in [1.29, 1.82) is 0 Å². The smallest absolute Gasteiger partial charge is 0.271 e. The van der Waals surface area contributed by atoms with Gasteiger partial charge in [0.05, 0.1) is 0 Å². The minimum atomic E-state index is -0.560. The summed E-state index contributed by atoms with van der Waals surface area (Å²) in [5.74, 6) is -0.560. The van der Waals surface area contributed by atoms with Gasteiger partial charge in [0, 0.05) is 0 Å². The molecule has 0 saturated heterocycles. The number of nitrogens with zero attached hydrogens (tertiary/aromatic N) is 2. The molecular formula is C3H2BrN3OS. The average Bonchev–Trinajstić information content (AvgIpc) is 2.13. The number of amides is 1. The molecule has 1 aromatic rings. The van der Waals surface area contributed by atoms with Crippen molar-refractivity contribution in [2.24, 2.45) is 5.73 Å². The second-order valence-electron chi connectivity index (χ2n) is 1.26. The van der Waals surface area contributed by atoms with Gasteiger partial charge in [-0.05, 0) is 27.5 Å². The van der Waals surface area contributed by atoms with Crippen LogP contribution in [0.25, 0.3) is 0 Å². The first-order chi connectivity index (χ1) is 4.22. The third-order valence-corrected chi connectivity index (χ3v) is 2.01. The number of hydrogen-bond donors (Lipinski definition) is 1. The fraction of sp³-hybridized carbons (Fsp3) is 0. The molecule has 0 atom stereocenters. The molecule has 0 saturated carbocycles. The summed E-state index contributed by atoms with van der Waals surface area (Å²) in [6.07, 6.45) is 0. The van der Waals surface area contributed by atoms with Crippen LogP contribution in [-0.4, -0.2) is 15.5 Å². The second kappa shape index (κ2) is 2.40.